The van der Waals surface area contributed by atoms with E-state index in [0.717, 1.165) is 0 Å². The number of rotatable bonds is 0. The molecule has 0 N–H and O–H groups in total. The Morgan fingerprint density at radius 1 is 1.78 bits per heavy atom. The molecule has 0 saturated carbocycles. The summed E-state index contributed by atoms with van der Waals surface area (Å²) in [6.45, 7) is 1.85. The number of alkyl halides is 1. The summed E-state index contributed by atoms with van der Waals surface area (Å²) < 4.78 is 4.83. The number of hydrogen-bond donors (Lipinski definition) is 0. The average molecular weight is 191 g/mol. The Labute approximate surface area is 62.0 Å². The van der Waals surface area contributed by atoms with Crippen LogP contribution in [0.2, 0.25) is 0 Å². The van der Waals surface area contributed by atoms with Gasteiger partial charge in [0.2, 0.25) is 0 Å². The van der Waals surface area contributed by atoms with Crippen LogP contribution in [0, 0.1) is 0 Å². The Morgan fingerprint density at radius 3 is 2.89 bits per heavy atom. The van der Waals surface area contributed by atoms with Crippen molar-refractivity contribution in [2.75, 3.05) is 0 Å². The van der Waals surface area contributed by atoms with Crippen LogP contribution < -0.4 is 0 Å². The van der Waals surface area contributed by atoms with Crippen LogP contribution in [0.15, 0.2) is 12.2 Å². The fourth-order valence-corrected chi connectivity index (χ4v) is 0.875. The molecule has 3 heteroatoms. The molecule has 1 heterocycles. The van der Waals surface area contributed by atoms with Crippen molar-refractivity contribution in [1.29, 1.82) is 0 Å². The van der Waals surface area contributed by atoms with E-state index in [1.807, 2.05) is 6.92 Å². The highest BCUT2D eigenvalue weighted by Crippen LogP contribution is 2.14. The molecule has 1 aliphatic rings. The molecule has 0 amide bonds. The van der Waals surface area contributed by atoms with Crippen molar-refractivity contribution in [1.82, 2.24) is 0 Å². The summed E-state index contributed by atoms with van der Waals surface area (Å²) in [5.41, 5.74) is 0. The number of ether oxygens (including phenoxy) is 1. The van der Waals surface area contributed by atoms with Crippen LogP contribution in [-0.2, 0) is 9.53 Å². The van der Waals surface area contributed by atoms with E-state index in [-0.39, 0.29) is 16.9 Å². The van der Waals surface area contributed by atoms with Gasteiger partial charge in [0.05, 0.1) is 4.83 Å². The van der Waals surface area contributed by atoms with Gasteiger partial charge >= 0.3 is 5.97 Å². The van der Waals surface area contributed by atoms with E-state index in [0.29, 0.717) is 0 Å². The Hall–Kier alpha value is -0.310. The second-order valence-corrected chi connectivity index (χ2v) is 3.00. The lowest BCUT2D eigenvalue weighted by molar-refractivity contribution is -0.142. The topological polar surface area (TPSA) is 26.3 Å². The predicted molar refractivity (Wildman–Crippen MR) is 37.4 cm³/mol. The third-order valence-corrected chi connectivity index (χ3v) is 2.22. The van der Waals surface area contributed by atoms with Crippen molar-refractivity contribution in [3.8, 4) is 0 Å². The largest absolute Gasteiger partial charge is 0.458 e. The van der Waals surface area contributed by atoms with Crippen LogP contribution in [0.1, 0.15) is 6.92 Å². The molecule has 0 spiro atoms. The van der Waals surface area contributed by atoms with E-state index in [1.54, 1.807) is 6.08 Å². The van der Waals surface area contributed by atoms with Crippen molar-refractivity contribution < 1.29 is 9.53 Å². The summed E-state index contributed by atoms with van der Waals surface area (Å²) in [6.07, 6.45) is 3.18. The van der Waals surface area contributed by atoms with Crippen LogP contribution in [0.3, 0.4) is 0 Å². The fourth-order valence-electron chi connectivity index (χ4n) is 0.614. The van der Waals surface area contributed by atoms with Crippen molar-refractivity contribution in [2.45, 2.75) is 17.9 Å². The van der Waals surface area contributed by atoms with Gasteiger partial charge in [-0.15, -0.1) is 0 Å². The third kappa shape index (κ3) is 1.55. The first-order valence-electron chi connectivity index (χ1n) is 2.73. The molecule has 2 atom stereocenters. The molecule has 2 unspecified atom stereocenters. The molecule has 0 fully saturated rings. The first kappa shape index (κ1) is 6.81. The van der Waals surface area contributed by atoms with Crippen molar-refractivity contribution in [2.24, 2.45) is 0 Å². The Balaban J connectivity index is 2.65. The molecule has 0 bridgehead atoms. The zero-order valence-electron chi connectivity index (χ0n) is 5.00. The smallest absolute Gasteiger partial charge is 0.330 e. The number of cyclic esters (lactones) is 1. The quantitative estimate of drug-likeness (QED) is 0.425. The highest BCUT2D eigenvalue weighted by Gasteiger charge is 2.18. The highest BCUT2D eigenvalue weighted by atomic mass is 79.9. The van der Waals surface area contributed by atoms with Gasteiger partial charge in [-0.05, 0) is 6.92 Å². The summed E-state index contributed by atoms with van der Waals surface area (Å²) in [4.78, 5) is 10.7. The molecule has 0 aromatic carbocycles. The maximum absolute atomic E-state index is 10.5. The monoisotopic (exact) mass is 190 g/mol. The Kier molecular flexibility index (Phi) is 1.90. The number of hydrogen-bond acceptors (Lipinski definition) is 2. The zero-order chi connectivity index (χ0) is 6.85. The molecule has 0 saturated heterocycles. The molecule has 1 aliphatic heterocycles. The minimum atomic E-state index is -0.252. The van der Waals surface area contributed by atoms with Crippen LogP contribution in [0.5, 0.6) is 0 Å². The van der Waals surface area contributed by atoms with Gasteiger partial charge in [0, 0.05) is 6.08 Å². The highest BCUT2D eigenvalue weighted by molar-refractivity contribution is 9.09. The zero-order valence-corrected chi connectivity index (χ0v) is 6.59. The summed E-state index contributed by atoms with van der Waals surface area (Å²) in [5, 5.41) is 0. The van der Waals surface area contributed by atoms with Crippen LogP contribution >= 0.6 is 15.9 Å². The van der Waals surface area contributed by atoms with Gasteiger partial charge < -0.3 is 4.74 Å². The Morgan fingerprint density at radius 2 is 2.44 bits per heavy atom. The fraction of sp³-hybridized carbons (Fsp3) is 0.500. The van der Waals surface area contributed by atoms with Gasteiger partial charge in [-0.2, -0.15) is 0 Å². The minimum absolute atomic E-state index is 0.0394. The van der Waals surface area contributed by atoms with E-state index in [2.05, 4.69) is 15.9 Å². The summed E-state index contributed by atoms with van der Waals surface area (Å²) >= 11 is 3.32. The molecule has 9 heavy (non-hydrogen) atoms. The van der Waals surface area contributed by atoms with Crippen LogP contribution in [0.25, 0.3) is 0 Å². The van der Waals surface area contributed by atoms with E-state index in [1.165, 1.54) is 6.08 Å². The lowest BCUT2D eigenvalue weighted by atomic mass is 10.2. The van der Waals surface area contributed by atoms with Crippen LogP contribution in [0.4, 0.5) is 0 Å². The van der Waals surface area contributed by atoms with Crippen molar-refractivity contribution in [3.05, 3.63) is 12.2 Å². The third-order valence-electron chi connectivity index (χ3n) is 1.17. The van der Waals surface area contributed by atoms with Gasteiger partial charge in [-0.3, -0.25) is 0 Å². The van der Waals surface area contributed by atoms with Gasteiger partial charge in [0.25, 0.3) is 0 Å². The second kappa shape index (κ2) is 2.52. The molecular formula is C6H7BrO2. The number of esters is 1. The van der Waals surface area contributed by atoms with E-state index in [9.17, 15) is 4.79 Å². The first-order chi connectivity index (χ1) is 4.20. The normalized spacial score (nSPS) is 34.2. The van der Waals surface area contributed by atoms with Gasteiger partial charge in [-0.25, -0.2) is 4.79 Å². The standard InChI is InChI=1S/C6H7BrO2/c1-4-5(7)2-3-6(8)9-4/h2-5H,1H3. The summed E-state index contributed by atoms with van der Waals surface area (Å²) in [5.74, 6) is -0.252. The molecule has 0 radical (unpaired) electrons. The second-order valence-electron chi connectivity index (χ2n) is 1.95. The van der Waals surface area contributed by atoms with Crippen molar-refractivity contribution >= 4 is 21.9 Å². The first-order valence-corrected chi connectivity index (χ1v) is 3.64. The molecular weight excluding hydrogens is 184 g/mol. The summed E-state index contributed by atoms with van der Waals surface area (Å²) in [7, 11) is 0. The van der Waals surface area contributed by atoms with Crippen molar-refractivity contribution in [3.63, 3.8) is 0 Å². The lowest BCUT2D eigenvalue weighted by Gasteiger charge is -2.18. The SMILES string of the molecule is CC1OC(=O)C=CC1Br. The van der Waals surface area contributed by atoms with E-state index < -0.39 is 0 Å². The van der Waals surface area contributed by atoms with E-state index in [4.69, 9.17) is 4.74 Å². The molecule has 1 rings (SSSR count). The van der Waals surface area contributed by atoms with Gasteiger partial charge in [-0.1, -0.05) is 22.0 Å². The molecule has 0 aliphatic carbocycles. The van der Waals surface area contributed by atoms with Gasteiger partial charge in [0.15, 0.2) is 0 Å². The van der Waals surface area contributed by atoms with Crippen LogP contribution in [-0.4, -0.2) is 16.9 Å². The number of carbonyl (C=O) groups is 1. The number of carbonyl (C=O) groups excluding carboxylic acids is 1. The predicted octanol–water partition coefficient (Wildman–Crippen LogP) is 1.25. The molecule has 2 nitrogen and oxygen atoms in total. The van der Waals surface area contributed by atoms with Gasteiger partial charge in [0.1, 0.15) is 6.10 Å². The average Bonchev–Trinajstić information content (AvgIpc) is 1.80. The maximum atomic E-state index is 10.5. The number of halogens is 1. The molecule has 50 valence electrons. The summed E-state index contributed by atoms with van der Waals surface area (Å²) in [6, 6.07) is 0. The maximum Gasteiger partial charge on any atom is 0.330 e. The molecule has 0 aromatic heterocycles. The van der Waals surface area contributed by atoms with E-state index >= 15 is 0 Å². The Bertz CT molecular complexity index is 153. The lowest BCUT2D eigenvalue weighted by Crippen LogP contribution is -2.25. The minimum Gasteiger partial charge on any atom is -0.458 e. The molecule has 0 aromatic rings.